The Kier molecular flexibility index (Phi) is 11.0. The summed E-state index contributed by atoms with van der Waals surface area (Å²) < 4.78 is 27.2. The lowest BCUT2D eigenvalue weighted by Gasteiger charge is -2.44. The molecule has 30 heavy (non-hydrogen) atoms. The summed E-state index contributed by atoms with van der Waals surface area (Å²) in [6.45, 7) is 4.70. The Morgan fingerprint density at radius 3 is 2.10 bits per heavy atom. The number of carbonyl (C=O) groups is 5. The van der Waals surface area contributed by atoms with Crippen molar-refractivity contribution in [3.63, 3.8) is 0 Å². The monoisotopic (exact) mass is 431 g/mol. The van der Waals surface area contributed by atoms with Gasteiger partial charge in [-0.1, -0.05) is 0 Å². The minimum atomic E-state index is -1.16. The van der Waals surface area contributed by atoms with E-state index >= 15 is 0 Å². The van der Waals surface area contributed by atoms with Crippen LogP contribution in [0.4, 0.5) is 0 Å². The summed E-state index contributed by atoms with van der Waals surface area (Å²) in [6, 6.07) is -0.990. The van der Waals surface area contributed by atoms with Gasteiger partial charge in [0.25, 0.3) is 0 Å². The largest absolute Gasteiger partial charge is 0.463 e. The summed E-state index contributed by atoms with van der Waals surface area (Å²) >= 11 is 0. The van der Waals surface area contributed by atoms with Crippen LogP contribution in [0.1, 0.15) is 47.0 Å². The maximum Gasteiger partial charge on any atom is 0.303 e. The van der Waals surface area contributed by atoms with Gasteiger partial charge in [-0.15, -0.1) is 0 Å². The van der Waals surface area contributed by atoms with Crippen LogP contribution < -0.4 is 5.32 Å². The number of aldehydes is 1. The van der Waals surface area contributed by atoms with Gasteiger partial charge in [-0.05, 0) is 12.8 Å². The molecule has 0 spiro atoms. The summed E-state index contributed by atoms with van der Waals surface area (Å²) in [6.07, 6.45) is -2.07. The lowest BCUT2D eigenvalue weighted by atomic mass is 9.96. The molecule has 11 heteroatoms. The average Bonchev–Trinajstić information content (AvgIpc) is 2.63. The first kappa shape index (κ1) is 25.5. The number of hydrogen-bond donors (Lipinski definition) is 1. The normalized spacial score (nSPS) is 25.7. The van der Waals surface area contributed by atoms with Gasteiger partial charge in [-0.3, -0.25) is 19.2 Å². The Morgan fingerprint density at radius 1 is 0.933 bits per heavy atom. The van der Waals surface area contributed by atoms with Crippen molar-refractivity contribution in [1.82, 2.24) is 5.32 Å². The van der Waals surface area contributed by atoms with Crippen LogP contribution in [0.15, 0.2) is 0 Å². The molecule has 1 heterocycles. The second-order valence-corrected chi connectivity index (χ2v) is 6.75. The maximum absolute atomic E-state index is 11.8. The smallest absolute Gasteiger partial charge is 0.303 e. The van der Waals surface area contributed by atoms with E-state index in [2.05, 4.69) is 5.32 Å². The highest BCUT2D eigenvalue weighted by atomic mass is 16.7. The Bertz CT molecular complexity index is 622. The lowest BCUT2D eigenvalue weighted by Crippen LogP contribution is -2.66. The topological polar surface area (TPSA) is 144 Å². The molecule has 0 aliphatic carbocycles. The molecule has 1 fully saturated rings. The van der Waals surface area contributed by atoms with E-state index in [1.165, 1.54) is 20.8 Å². The number of unbranched alkanes of at least 4 members (excludes halogenated alkanes) is 2. The molecule has 0 aromatic rings. The number of esters is 3. The van der Waals surface area contributed by atoms with Gasteiger partial charge in [0.05, 0.1) is 0 Å². The van der Waals surface area contributed by atoms with Gasteiger partial charge < -0.3 is 33.8 Å². The van der Waals surface area contributed by atoms with Crippen molar-refractivity contribution in [3.8, 4) is 0 Å². The Hall–Kier alpha value is -2.53. The third kappa shape index (κ3) is 8.87. The number of hydrogen-bond acceptors (Lipinski definition) is 10. The van der Waals surface area contributed by atoms with Crippen LogP contribution >= 0.6 is 0 Å². The van der Waals surface area contributed by atoms with E-state index in [4.69, 9.17) is 23.7 Å². The van der Waals surface area contributed by atoms with Gasteiger partial charge in [0, 0.05) is 40.7 Å². The molecule has 0 unspecified atom stereocenters. The van der Waals surface area contributed by atoms with Gasteiger partial charge in [0.15, 0.2) is 18.5 Å². The molecule has 1 aliphatic heterocycles. The predicted octanol–water partition coefficient (Wildman–Crippen LogP) is 0.0283. The van der Waals surface area contributed by atoms with Crippen molar-refractivity contribution < 1.29 is 47.7 Å². The molecule has 1 amide bonds. The third-order valence-corrected chi connectivity index (χ3v) is 4.07. The fraction of sp³-hybridized carbons (Fsp3) is 0.737. The van der Waals surface area contributed by atoms with E-state index in [0.717, 1.165) is 13.2 Å². The molecule has 11 nitrogen and oxygen atoms in total. The summed E-state index contributed by atoms with van der Waals surface area (Å²) in [5.74, 6) is -2.39. The van der Waals surface area contributed by atoms with Crippen molar-refractivity contribution in [2.24, 2.45) is 0 Å². The zero-order valence-electron chi connectivity index (χ0n) is 17.6. The van der Waals surface area contributed by atoms with Crippen LogP contribution in [0.25, 0.3) is 0 Å². The van der Waals surface area contributed by atoms with Gasteiger partial charge in [-0.2, -0.15) is 0 Å². The van der Waals surface area contributed by atoms with E-state index in [1.54, 1.807) is 0 Å². The standard InChI is InChI=1S/C19H29NO10/c1-11(22)20-16-18(29-14(4)25)17(28-13(3)24)15(10-27-12(2)23)30-19(16)26-9-7-5-6-8-21/h8,15-19H,5-7,9-10H2,1-4H3,(H,20,22)/t15-,16-,17+,18-,19-/m1/s1. The van der Waals surface area contributed by atoms with E-state index in [1.807, 2.05) is 0 Å². The molecule has 1 rings (SSSR count). The lowest BCUT2D eigenvalue weighted by molar-refractivity contribution is -0.277. The quantitative estimate of drug-likeness (QED) is 0.206. The Morgan fingerprint density at radius 2 is 1.57 bits per heavy atom. The van der Waals surface area contributed by atoms with Crippen LogP contribution in [0.5, 0.6) is 0 Å². The third-order valence-electron chi connectivity index (χ3n) is 4.07. The van der Waals surface area contributed by atoms with Crippen molar-refractivity contribution in [2.75, 3.05) is 13.2 Å². The number of nitrogens with one attached hydrogen (secondary N) is 1. The fourth-order valence-electron chi connectivity index (χ4n) is 2.96. The van der Waals surface area contributed by atoms with Crippen molar-refractivity contribution >= 4 is 30.1 Å². The highest BCUT2D eigenvalue weighted by molar-refractivity contribution is 5.73. The number of carbonyl (C=O) groups excluding carboxylic acids is 5. The zero-order chi connectivity index (χ0) is 22.7. The van der Waals surface area contributed by atoms with E-state index < -0.39 is 54.5 Å². The molecule has 0 aromatic carbocycles. The molecule has 0 saturated carbocycles. The molecule has 170 valence electrons. The summed E-state index contributed by atoms with van der Waals surface area (Å²) in [5.41, 5.74) is 0. The number of rotatable bonds is 11. The van der Waals surface area contributed by atoms with Gasteiger partial charge in [0.2, 0.25) is 5.91 Å². The number of amides is 1. The highest BCUT2D eigenvalue weighted by Crippen LogP contribution is 2.28. The second-order valence-electron chi connectivity index (χ2n) is 6.75. The Balaban J connectivity index is 3.14. The predicted molar refractivity (Wildman–Crippen MR) is 99.9 cm³/mol. The van der Waals surface area contributed by atoms with E-state index in [9.17, 15) is 24.0 Å². The van der Waals surface area contributed by atoms with Crippen LogP contribution in [0, 0.1) is 0 Å². The van der Waals surface area contributed by atoms with Crippen molar-refractivity contribution in [1.29, 1.82) is 0 Å². The molecule has 0 aromatic heterocycles. The summed E-state index contributed by atoms with van der Waals surface area (Å²) in [7, 11) is 0. The van der Waals surface area contributed by atoms with Gasteiger partial charge in [0.1, 0.15) is 25.0 Å². The average molecular weight is 431 g/mol. The van der Waals surface area contributed by atoms with Crippen LogP contribution in [0.2, 0.25) is 0 Å². The highest BCUT2D eigenvalue weighted by Gasteiger charge is 2.51. The Labute approximate surface area is 174 Å². The molecule has 1 N–H and O–H groups in total. The second kappa shape index (κ2) is 12.9. The minimum absolute atomic E-state index is 0.194. The van der Waals surface area contributed by atoms with Crippen LogP contribution in [0.3, 0.4) is 0 Å². The molecule has 1 aliphatic rings. The zero-order valence-corrected chi connectivity index (χ0v) is 17.6. The van der Waals surface area contributed by atoms with Crippen LogP contribution in [-0.4, -0.2) is 74.0 Å². The first-order valence-electron chi connectivity index (χ1n) is 9.61. The molecular weight excluding hydrogens is 402 g/mol. The summed E-state index contributed by atoms with van der Waals surface area (Å²) in [4.78, 5) is 56.8. The minimum Gasteiger partial charge on any atom is -0.463 e. The first-order chi connectivity index (χ1) is 14.1. The molecular formula is C19H29NO10. The fourth-order valence-corrected chi connectivity index (χ4v) is 2.96. The summed E-state index contributed by atoms with van der Waals surface area (Å²) in [5, 5.41) is 2.61. The number of ether oxygens (including phenoxy) is 5. The van der Waals surface area contributed by atoms with Crippen molar-refractivity contribution in [2.45, 2.75) is 77.6 Å². The molecule has 0 radical (unpaired) electrons. The van der Waals surface area contributed by atoms with Crippen LogP contribution in [-0.2, 0) is 47.7 Å². The molecule has 5 atom stereocenters. The molecule has 1 saturated heterocycles. The van der Waals surface area contributed by atoms with Crippen molar-refractivity contribution in [3.05, 3.63) is 0 Å². The van der Waals surface area contributed by atoms with Gasteiger partial charge in [-0.25, -0.2) is 0 Å². The first-order valence-corrected chi connectivity index (χ1v) is 9.61. The SMILES string of the molecule is CC(=O)N[C@H]1[C@H](OCCCCC=O)O[C@H](COC(C)=O)[C@H](OC(C)=O)[C@@H]1OC(C)=O. The molecule has 0 bridgehead atoms. The van der Waals surface area contributed by atoms with Gasteiger partial charge >= 0.3 is 17.9 Å². The maximum atomic E-state index is 11.8. The van der Waals surface area contributed by atoms with E-state index in [-0.39, 0.29) is 13.2 Å². The van der Waals surface area contributed by atoms with E-state index in [0.29, 0.717) is 19.3 Å².